The number of ether oxygens (including phenoxy) is 1. The Hall–Kier alpha value is -1.82. The number of carbonyl (C=O) groups is 1. The summed E-state index contributed by atoms with van der Waals surface area (Å²) in [5, 5.41) is 26.9. The Morgan fingerprint density at radius 3 is 2.60 bits per heavy atom. The molecule has 0 radical (unpaired) electrons. The molecule has 0 aliphatic carbocycles. The molecule has 0 bridgehead atoms. The van der Waals surface area contributed by atoms with Crippen LogP contribution in [0.3, 0.4) is 0 Å². The molecule has 3 N–H and O–H groups in total. The van der Waals surface area contributed by atoms with Gasteiger partial charge in [0.1, 0.15) is 5.75 Å². The molecule has 0 aliphatic rings. The Bertz CT molecular complexity index is 390. The Kier molecular flexibility index (Phi) is 3.11. The molecule has 1 rings (SSSR count). The first-order valence-corrected chi connectivity index (χ1v) is 3.94. The average molecular weight is 216 g/mol. The average Bonchev–Trinajstić information content (AvgIpc) is 2.17. The van der Waals surface area contributed by atoms with Crippen molar-refractivity contribution in [2.45, 2.75) is 6.10 Å². The number of hydrogen-bond donors (Lipinski definition) is 3. The summed E-state index contributed by atoms with van der Waals surface area (Å²) in [5.41, 5.74) is -0.319. The van der Waals surface area contributed by atoms with Gasteiger partial charge < -0.3 is 20.1 Å². The molecule has 1 atom stereocenters. The zero-order valence-electron chi connectivity index (χ0n) is 7.77. The van der Waals surface area contributed by atoms with Crippen molar-refractivity contribution in [3.63, 3.8) is 0 Å². The third kappa shape index (κ3) is 2.16. The maximum Gasteiger partial charge on any atom is 0.337 e. The fraction of sp³-hybridized carbons (Fsp3) is 0.222. The van der Waals surface area contributed by atoms with Gasteiger partial charge in [0.05, 0.1) is 7.11 Å². The number of carboxylic acids is 1. The van der Waals surface area contributed by atoms with Gasteiger partial charge in [-0.05, 0) is 6.07 Å². The smallest absolute Gasteiger partial charge is 0.337 e. The largest absolute Gasteiger partial charge is 0.507 e. The standard InChI is InChI=1S/C9H9FO5/c1-15-7-2-4(8(12)9(13)14)6(11)3-5(7)10/h2-3,8,11-12H,1H3,(H,13,14). The predicted molar refractivity (Wildman–Crippen MR) is 47.2 cm³/mol. The Morgan fingerprint density at radius 1 is 1.53 bits per heavy atom. The van der Waals surface area contributed by atoms with Crippen molar-refractivity contribution in [2.75, 3.05) is 7.11 Å². The van der Waals surface area contributed by atoms with Gasteiger partial charge in [0.15, 0.2) is 17.7 Å². The molecular weight excluding hydrogens is 207 g/mol. The highest BCUT2D eigenvalue weighted by atomic mass is 19.1. The van der Waals surface area contributed by atoms with Crippen molar-refractivity contribution in [3.05, 3.63) is 23.5 Å². The van der Waals surface area contributed by atoms with Crippen molar-refractivity contribution < 1.29 is 29.2 Å². The number of aliphatic hydroxyl groups excluding tert-OH is 1. The number of aliphatic carboxylic acids is 1. The summed E-state index contributed by atoms with van der Waals surface area (Å²) in [6.07, 6.45) is -1.92. The van der Waals surface area contributed by atoms with Gasteiger partial charge in [0, 0.05) is 11.6 Å². The summed E-state index contributed by atoms with van der Waals surface area (Å²) in [6.45, 7) is 0. The van der Waals surface area contributed by atoms with E-state index in [1.165, 1.54) is 7.11 Å². The fourth-order valence-corrected chi connectivity index (χ4v) is 1.07. The molecular formula is C9H9FO5. The summed E-state index contributed by atoms with van der Waals surface area (Å²) in [5.74, 6) is -3.26. The van der Waals surface area contributed by atoms with Crippen LogP contribution in [0, 0.1) is 5.82 Å². The molecule has 0 aromatic heterocycles. The maximum atomic E-state index is 13.0. The molecule has 0 saturated heterocycles. The highest BCUT2D eigenvalue weighted by Crippen LogP contribution is 2.31. The lowest BCUT2D eigenvalue weighted by Gasteiger charge is -2.10. The molecule has 6 heteroatoms. The molecule has 1 aromatic carbocycles. The van der Waals surface area contributed by atoms with Gasteiger partial charge in [-0.25, -0.2) is 9.18 Å². The van der Waals surface area contributed by atoms with Crippen molar-refractivity contribution in [3.8, 4) is 11.5 Å². The quantitative estimate of drug-likeness (QED) is 0.690. The number of hydrogen-bond acceptors (Lipinski definition) is 4. The van der Waals surface area contributed by atoms with Crippen LogP contribution in [0.15, 0.2) is 12.1 Å². The number of phenols is 1. The van der Waals surface area contributed by atoms with E-state index in [0.29, 0.717) is 6.07 Å². The number of halogens is 1. The van der Waals surface area contributed by atoms with Crippen molar-refractivity contribution in [1.29, 1.82) is 0 Å². The van der Waals surface area contributed by atoms with Crippen LogP contribution >= 0.6 is 0 Å². The van der Waals surface area contributed by atoms with Gasteiger partial charge in [-0.15, -0.1) is 0 Å². The third-order valence-corrected chi connectivity index (χ3v) is 1.83. The minimum atomic E-state index is -1.92. The second-order valence-corrected chi connectivity index (χ2v) is 2.79. The first kappa shape index (κ1) is 11.3. The van der Waals surface area contributed by atoms with Crippen LogP contribution in [-0.2, 0) is 4.79 Å². The predicted octanol–water partition coefficient (Wildman–Crippen LogP) is 0.658. The van der Waals surface area contributed by atoms with Crippen LogP contribution in [-0.4, -0.2) is 28.4 Å². The normalized spacial score (nSPS) is 12.2. The monoisotopic (exact) mass is 216 g/mol. The van der Waals surface area contributed by atoms with Gasteiger partial charge in [0.2, 0.25) is 0 Å². The van der Waals surface area contributed by atoms with E-state index in [0.717, 1.165) is 6.07 Å². The number of aliphatic hydroxyl groups is 1. The minimum absolute atomic E-state index is 0.247. The fourth-order valence-electron chi connectivity index (χ4n) is 1.07. The maximum absolute atomic E-state index is 13.0. The summed E-state index contributed by atoms with van der Waals surface area (Å²) < 4.78 is 17.6. The number of aromatic hydroxyl groups is 1. The van der Waals surface area contributed by atoms with Crippen molar-refractivity contribution in [1.82, 2.24) is 0 Å². The number of phenolic OH excluding ortho intramolecular Hbond substituents is 1. The van der Waals surface area contributed by atoms with Gasteiger partial charge >= 0.3 is 5.97 Å². The van der Waals surface area contributed by atoms with Crippen LogP contribution in [0.25, 0.3) is 0 Å². The van der Waals surface area contributed by atoms with Crippen LogP contribution in [0.4, 0.5) is 4.39 Å². The van der Waals surface area contributed by atoms with Gasteiger partial charge in [-0.3, -0.25) is 0 Å². The molecule has 0 spiro atoms. The van der Waals surface area contributed by atoms with E-state index in [2.05, 4.69) is 4.74 Å². The van der Waals surface area contributed by atoms with Gasteiger partial charge in [0.25, 0.3) is 0 Å². The molecule has 1 aromatic rings. The Morgan fingerprint density at radius 2 is 2.13 bits per heavy atom. The van der Waals surface area contributed by atoms with Crippen LogP contribution in [0.2, 0.25) is 0 Å². The van der Waals surface area contributed by atoms with E-state index in [9.17, 15) is 14.3 Å². The van der Waals surface area contributed by atoms with E-state index in [1.54, 1.807) is 0 Å². The highest BCUT2D eigenvalue weighted by Gasteiger charge is 2.22. The van der Waals surface area contributed by atoms with E-state index < -0.39 is 23.6 Å². The number of carboxylic acid groups (broad SMARTS) is 1. The second kappa shape index (κ2) is 4.14. The summed E-state index contributed by atoms with van der Waals surface area (Å²) >= 11 is 0. The number of benzene rings is 1. The molecule has 5 nitrogen and oxygen atoms in total. The molecule has 0 amide bonds. The van der Waals surface area contributed by atoms with E-state index in [4.69, 9.17) is 10.2 Å². The zero-order valence-corrected chi connectivity index (χ0v) is 7.77. The summed E-state index contributed by atoms with van der Waals surface area (Å²) in [6, 6.07) is 1.61. The molecule has 0 fully saturated rings. The lowest BCUT2D eigenvalue weighted by Crippen LogP contribution is -2.11. The lowest BCUT2D eigenvalue weighted by atomic mass is 10.1. The Balaban J connectivity index is 3.24. The molecule has 0 saturated carbocycles. The van der Waals surface area contributed by atoms with E-state index >= 15 is 0 Å². The Labute approximate surface area is 84.3 Å². The number of rotatable bonds is 3. The first-order valence-electron chi connectivity index (χ1n) is 3.94. The van der Waals surface area contributed by atoms with Crippen molar-refractivity contribution >= 4 is 5.97 Å². The molecule has 1 unspecified atom stereocenters. The van der Waals surface area contributed by atoms with Crippen LogP contribution < -0.4 is 4.74 Å². The van der Waals surface area contributed by atoms with E-state index in [1.807, 2.05) is 0 Å². The highest BCUT2D eigenvalue weighted by molar-refractivity contribution is 5.75. The van der Waals surface area contributed by atoms with Crippen LogP contribution in [0.1, 0.15) is 11.7 Å². The molecule has 82 valence electrons. The first-order chi connectivity index (χ1) is 6.97. The van der Waals surface area contributed by atoms with Gasteiger partial charge in [-0.2, -0.15) is 0 Å². The van der Waals surface area contributed by atoms with E-state index in [-0.39, 0.29) is 11.3 Å². The topological polar surface area (TPSA) is 87.0 Å². The molecule has 15 heavy (non-hydrogen) atoms. The summed E-state index contributed by atoms with van der Waals surface area (Å²) in [4.78, 5) is 10.4. The molecule has 0 heterocycles. The van der Waals surface area contributed by atoms with Crippen molar-refractivity contribution in [2.24, 2.45) is 0 Å². The molecule has 0 aliphatic heterocycles. The SMILES string of the molecule is COc1cc(C(O)C(=O)O)c(O)cc1F. The second-order valence-electron chi connectivity index (χ2n) is 2.79. The summed E-state index contributed by atoms with van der Waals surface area (Å²) in [7, 11) is 1.19. The number of methoxy groups -OCH3 is 1. The van der Waals surface area contributed by atoms with Gasteiger partial charge in [-0.1, -0.05) is 0 Å². The third-order valence-electron chi connectivity index (χ3n) is 1.83. The van der Waals surface area contributed by atoms with Crippen LogP contribution in [0.5, 0.6) is 11.5 Å². The lowest BCUT2D eigenvalue weighted by molar-refractivity contribution is -0.147. The zero-order chi connectivity index (χ0) is 11.6. The minimum Gasteiger partial charge on any atom is -0.507 e.